The van der Waals surface area contributed by atoms with Gasteiger partial charge in [0.15, 0.2) is 0 Å². The number of nitrogens with zero attached hydrogens (tertiary/aromatic N) is 3. The van der Waals surface area contributed by atoms with Crippen LogP contribution in [0.2, 0.25) is 0 Å². The van der Waals surface area contributed by atoms with Gasteiger partial charge in [-0.25, -0.2) is 0 Å². The van der Waals surface area contributed by atoms with E-state index in [1.165, 1.54) is 30.8 Å². The second-order valence-electron chi connectivity index (χ2n) is 3.36. The molecule has 0 bridgehead atoms. The summed E-state index contributed by atoms with van der Waals surface area (Å²) in [6.07, 6.45) is 4.42. The topological polar surface area (TPSA) is 81.0 Å². The molecule has 0 saturated carbocycles. The maximum absolute atomic E-state index is 10.6. The zero-order chi connectivity index (χ0) is 12.8. The maximum Gasteiger partial charge on any atom is 0.270 e. The Hall–Kier alpha value is -2.76. The van der Waals surface area contributed by atoms with Gasteiger partial charge >= 0.3 is 0 Å². The van der Waals surface area contributed by atoms with Crippen molar-refractivity contribution in [3.8, 4) is 0 Å². The minimum absolute atomic E-state index is 0.0222. The Morgan fingerprint density at radius 2 is 2.00 bits per heavy atom. The summed E-state index contributed by atoms with van der Waals surface area (Å²) in [7, 11) is 0. The van der Waals surface area contributed by atoms with Crippen molar-refractivity contribution in [1.82, 2.24) is 0 Å². The van der Waals surface area contributed by atoms with Crippen molar-refractivity contribution in [2.75, 3.05) is 0 Å². The Balaban J connectivity index is 2.05. The molecule has 2 rings (SSSR count). The fourth-order valence-corrected chi connectivity index (χ4v) is 1.27. The number of benzene rings is 1. The number of hydrogen-bond donors (Lipinski definition) is 0. The molecule has 0 aliphatic heterocycles. The highest BCUT2D eigenvalue weighted by molar-refractivity contribution is 5.82. The predicted octanol–water partition coefficient (Wildman–Crippen LogP) is 2.64. The van der Waals surface area contributed by atoms with Gasteiger partial charge < -0.3 is 4.42 Å². The summed E-state index contributed by atoms with van der Waals surface area (Å²) in [4.78, 5) is 10.1. The summed E-state index contributed by atoms with van der Waals surface area (Å²) < 4.78 is 5.02. The van der Waals surface area contributed by atoms with Crippen LogP contribution >= 0.6 is 0 Å². The lowest BCUT2D eigenvalue weighted by atomic mass is 10.2. The number of non-ortho nitro benzene ring substituents is 1. The first-order valence-corrected chi connectivity index (χ1v) is 5.10. The number of nitro benzene ring substituents is 1. The minimum Gasteiger partial charge on any atom is -0.463 e. The molecule has 0 spiro atoms. The van der Waals surface area contributed by atoms with Crippen LogP contribution in [-0.4, -0.2) is 17.4 Å². The standard InChI is InChI=1S/C12H9N3O3/c16-15(17)11-4-1-3-10(7-11)8-13-14-9-12-5-2-6-18-12/h1-9H/b13-8-,14-9-. The molecule has 0 amide bonds. The molecule has 1 aromatic carbocycles. The van der Waals surface area contributed by atoms with Gasteiger partial charge in [0.1, 0.15) is 5.76 Å². The van der Waals surface area contributed by atoms with Crippen molar-refractivity contribution in [2.45, 2.75) is 0 Å². The molecule has 0 saturated heterocycles. The van der Waals surface area contributed by atoms with Crippen LogP contribution in [0.4, 0.5) is 5.69 Å². The first-order chi connectivity index (χ1) is 8.75. The average Bonchev–Trinajstić information content (AvgIpc) is 2.88. The van der Waals surface area contributed by atoms with Crippen molar-refractivity contribution >= 4 is 18.1 Å². The van der Waals surface area contributed by atoms with Gasteiger partial charge in [0.2, 0.25) is 0 Å². The van der Waals surface area contributed by atoms with Crippen molar-refractivity contribution in [3.05, 3.63) is 64.1 Å². The molecular weight excluding hydrogens is 234 g/mol. The zero-order valence-corrected chi connectivity index (χ0v) is 9.26. The Kier molecular flexibility index (Phi) is 3.60. The average molecular weight is 243 g/mol. The molecule has 2 aromatic rings. The fraction of sp³-hybridized carbons (Fsp3) is 0. The van der Waals surface area contributed by atoms with Crippen LogP contribution in [0.25, 0.3) is 0 Å². The van der Waals surface area contributed by atoms with Crippen LogP contribution in [0.1, 0.15) is 11.3 Å². The number of nitro groups is 1. The van der Waals surface area contributed by atoms with Crippen LogP contribution in [0.3, 0.4) is 0 Å². The maximum atomic E-state index is 10.6. The molecule has 0 radical (unpaired) electrons. The van der Waals surface area contributed by atoms with Crippen LogP contribution in [-0.2, 0) is 0 Å². The zero-order valence-electron chi connectivity index (χ0n) is 9.26. The largest absolute Gasteiger partial charge is 0.463 e. The highest BCUT2D eigenvalue weighted by Crippen LogP contribution is 2.11. The van der Waals surface area contributed by atoms with Gasteiger partial charge in [-0.1, -0.05) is 12.1 Å². The molecule has 6 nitrogen and oxygen atoms in total. The summed E-state index contributed by atoms with van der Waals surface area (Å²) in [6, 6.07) is 9.63. The van der Waals surface area contributed by atoms with Crippen LogP contribution in [0.5, 0.6) is 0 Å². The van der Waals surface area contributed by atoms with Gasteiger partial charge in [-0.3, -0.25) is 10.1 Å². The molecule has 0 unspecified atom stereocenters. The molecule has 18 heavy (non-hydrogen) atoms. The lowest BCUT2D eigenvalue weighted by Gasteiger charge is -1.92. The third-order valence-electron chi connectivity index (χ3n) is 2.08. The normalized spacial score (nSPS) is 11.3. The molecule has 90 valence electrons. The van der Waals surface area contributed by atoms with E-state index in [-0.39, 0.29) is 5.69 Å². The Bertz CT molecular complexity index is 588. The second kappa shape index (κ2) is 5.53. The molecule has 0 aliphatic rings. The summed E-state index contributed by atoms with van der Waals surface area (Å²) in [5.74, 6) is 0.589. The van der Waals surface area contributed by atoms with Gasteiger partial charge in [0, 0.05) is 17.7 Å². The SMILES string of the molecule is O=[N+]([O-])c1cccc(/C=N\N=C/c2ccco2)c1. The first-order valence-electron chi connectivity index (χ1n) is 5.10. The van der Waals surface area contributed by atoms with E-state index in [0.717, 1.165) is 0 Å². The monoisotopic (exact) mass is 243 g/mol. The van der Waals surface area contributed by atoms with E-state index in [2.05, 4.69) is 10.2 Å². The summed E-state index contributed by atoms with van der Waals surface area (Å²) in [6.45, 7) is 0. The van der Waals surface area contributed by atoms with Crippen molar-refractivity contribution in [1.29, 1.82) is 0 Å². The van der Waals surface area contributed by atoms with Gasteiger partial charge in [0.05, 0.1) is 23.6 Å². The highest BCUT2D eigenvalue weighted by Gasteiger charge is 2.03. The molecule has 1 heterocycles. The Labute approximate surface area is 102 Å². The minimum atomic E-state index is -0.455. The molecule has 6 heteroatoms. The predicted molar refractivity (Wildman–Crippen MR) is 67.0 cm³/mol. The molecule has 0 N–H and O–H groups in total. The van der Waals surface area contributed by atoms with Crippen LogP contribution in [0.15, 0.2) is 57.3 Å². The van der Waals surface area contributed by atoms with Gasteiger partial charge in [0.25, 0.3) is 5.69 Å². The van der Waals surface area contributed by atoms with Crippen molar-refractivity contribution in [2.24, 2.45) is 10.2 Å². The quantitative estimate of drug-likeness (QED) is 0.470. The molecule has 0 fully saturated rings. The number of furan rings is 1. The summed E-state index contributed by atoms with van der Waals surface area (Å²) in [5.41, 5.74) is 0.634. The Morgan fingerprint density at radius 3 is 2.72 bits per heavy atom. The molecular formula is C12H9N3O3. The molecule has 0 aliphatic carbocycles. The van der Waals surface area contributed by atoms with Gasteiger partial charge in [-0.05, 0) is 12.1 Å². The van der Waals surface area contributed by atoms with E-state index in [9.17, 15) is 10.1 Å². The third-order valence-corrected chi connectivity index (χ3v) is 2.08. The van der Waals surface area contributed by atoms with Gasteiger partial charge in [-0.2, -0.15) is 10.2 Å². The fourth-order valence-electron chi connectivity index (χ4n) is 1.27. The first kappa shape index (κ1) is 11.7. The molecule has 0 atom stereocenters. The van der Waals surface area contributed by atoms with Crippen LogP contribution in [0, 0.1) is 10.1 Å². The second-order valence-corrected chi connectivity index (χ2v) is 3.36. The number of hydrogen-bond acceptors (Lipinski definition) is 5. The Morgan fingerprint density at radius 1 is 1.17 bits per heavy atom. The van der Waals surface area contributed by atoms with E-state index in [4.69, 9.17) is 4.42 Å². The van der Waals surface area contributed by atoms with E-state index in [0.29, 0.717) is 11.3 Å². The van der Waals surface area contributed by atoms with E-state index >= 15 is 0 Å². The lowest BCUT2D eigenvalue weighted by molar-refractivity contribution is -0.384. The van der Waals surface area contributed by atoms with Crippen LogP contribution < -0.4 is 0 Å². The molecule has 1 aromatic heterocycles. The van der Waals surface area contributed by atoms with E-state index < -0.39 is 4.92 Å². The van der Waals surface area contributed by atoms with Gasteiger partial charge in [-0.15, -0.1) is 0 Å². The summed E-state index contributed by atoms with van der Waals surface area (Å²) >= 11 is 0. The number of rotatable bonds is 4. The smallest absolute Gasteiger partial charge is 0.270 e. The van der Waals surface area contributed by atoms with Crippen molar-refractivity contribution in [3.63, 3.8) is 0 Å². The highest BCUT2D eigenvalue weighted by atomic mass is 16.6. The third kappa shape index (κ3) is 3.11. The van der Waals surface area contributed by atoms with E-state index in [1.807, 2.05) is 0 Å². The van der Waals surface area contributed by atoms with Crippen molar-refractivity contribution < 1.29 is 9.34 Å². The van der Waals surface area contributed by atoms with E-state index in [1.54, 1.807) is 24.3 Å². The lowest BCUT2D eigenvalue weighted by Crippen LogP contribution is -1.89. The summed E-state index contributed by atoms with van der Waals surface area (Å²) in [5, 5.41) is 18.1.